The molecule has 0 radical (unpaired) electrons. The van der Waals surface area contributed by atoms with Crippen LogP contribution in [0, 0.1) is 0 Å². The molecule has 104 valence electrons. The fourth-order valence-electron chi connectivity index (χ4n) is 1.99. The molecule has 0 unspecified atom stereocenters. The number of nitrogens with one attached hydrogen (secondary N) is 1. The van der Waals surface area contributed by atoms with E-state index >= 15 is 0 Å². The average Bonchev–Trinajstić information content (AvgIpc) is 3.02. The maximum absolute atomic E-state index is 4.41. The Morgan fingerprint density at radius 2 is 2.16 bits per heavy atom. The van der Waals surface area contributed by atoms with E-state index in [4.69, 9.17) is 0 Å². The van der Waals surface area contributed by atoms with E-state index in [1.807, 2.05) is 11.0 Å². The molecule has 0 aromatic carbocycles. The van der Waals surface area contributed by atoms with Gasteiger partial charge in [0.05, 0.1) is 18.6 Å². The Balaban J connectivity index is 1.93. The number of aryl methyl sites for hydroxylation is 1. The molecule has 0 aliphatic heterocycles. The smallest absolute Gasteiger partial charge is 0.146 e. The van der Waals surface area contributed by atoms with Crippen LogP contribution < -0.4 is 5.32 Å². The van der Waals surface area contributed by atoms with Crippen LogP contribution in [0.4, 0.5) is 0 Å². The number of nitrogens with zero attached hydrogens (tertiary/aromatic N) is 5. The van der Waals surface area contributed by atoms with E-state index in [0.29, 0.717) is 0 Å². The van der Waals surface area contributed by atoms with Crippen LogP contribution in [0.5, 0.6) is 0 Å². The van der Waals surface area contributed by atoms with Crippen molar-refractivity contribution in [2.45, 2.75) is 39.8 Å². The predicted octanol–water partition coefficient (Wildman–Crippen LogP) is 1.08. The average molecular weight is 262 g/mol. The zero-order valence-corrected chi connectivity index (χ0v) is 11.7. The van der Waals surface area contributed by atoms with Crippen LogP contribution in [0.15, 0.2) is 18.9 Å². The van der Waals surface area contributed by atoms with E-state index in [2.05, 4.69) is 45.0 Å². The van der Waals surface area contributed by atoms with Gasteiger partial charge in [-0.1, -0.05) is 13.8 Å². The van der Waals surface area contributed by atoms with Gasteiger partial charge >= 0.3 is 0 Å². The number of rotatable bonds is 8. The van der Waals surface area contributed by atoms with Gasteiger partial charge in [0.2, 0.25) is 0 Å². The first-order valence-corrected chi connectivity index (χ1v) is 6.91. The second kappa shape index (κ2) is 7.04. The lowest BCUT2D eigenvalue weighted by molar-refractivity contribution is 0.554. The second-order valence-corrected chi connectivity index (χ2v) is 4.54. The van der Waals surface area contributed by atoms with Crippen molar-refractivity contribution in [3.63, 3.8) is 0 Å². The Hall–Kier alpha value is -1.69. The molecule has 2 aromatic rings. The molecule has 0 atom stereocenters. The van der Waals surface area contributed by atoms with E-state index in [1.165, 1.54) is 0 Å². The van der Waals surface area contributed by atoms with Gasteiger partial charge in [-0.05, 0) is 13.0 Å². The molecule has 6 heteroatoms. The highest BCUT2D eigenvalue weighted by Crippen LogP contribution is 2.03. The van der Waals surface area contributed by atoms with Gasteiger partial charge in [0.1, 0.15) is 12.2 Å². The van der Waals surface area contributed by atoms with Crippen LogP contribution >= 0.6 is 0 Å². The molecule has 2 aromatic heterocycles. The van der Waals surface area contributed by atoms with Crippen molar-refractivity contribution in [2.75, 3.05) is 13.1 Å². The summed E-state index contributed by atoms with van der Waals surface area (Å²) in [5.41, 5.74) is 1.11. The minimum Gasteiger partial charge on any atom is -0.330 e. The topological polar surface area (TPSA) is 60.6 Å². The minimum absolute atomic E-state index is 0.730. The van der Waals surface area contributed by atoms with Gasteiger partial charge in [-0.25, -0.2) is 14.6 Å². The predicted molar refractivity (Wildman–Crippen MR) is 73.9 cm³/mol. The summed E-state index contributed by atoms with van der Waals surface area (Å²) in [6.07, 6.45) is 7.60. The summed E-state index contributed by atoms with van der Waals surface area (Å²) < 4.78 is 4.02. The Kier molecular flexibility index (Phi) is 5.09. The molecule has 0 aliphatic rings. The number of hydrogen-bond donors (Lipinski definition) is 1. The van der Waals surface area contributed by atoms with E-state index in [1.54, 1.807) is 6.33 Å². The van der Waals surface area contributed by atoms with E-state index in [0.717, 1.165) is 50.5 Å². The monoisotopic (exact) mass is 262 g/mol. The van der Waals surface area contributed by atoms with Gasteiger partial charge in [0.15, 0.2) is 0 Å². The maximum Gasteiger partial charge on any atom is 0.146 e. The van der Waals surface area contributed by atoms with Crippen molar-refractivity contribution in [1.29, 1.82) is 0 Å². The summed E-state index contributed by atoms with van der Waals surface area (Å²) in [7, 11) is 0. The molecule has 0 saturated heterocycles. The zero-order chi connectivity index (χ0) is 13.5. The van der Waals surface area contributed by atoms with Gasteiger partial charge in [-0.3, -0.25) is 0 Å². The van der Waals surface area contributed by atoms with Crippen molar-refractivity contribution in [2.24, 2.45) is 0 Å². The third-order valence-electron chi connectivity index (χ3n) is 2.95. The second-order valence-electron chi connectivity index (χ2n) is 4.54. The highest BCUT2D eigenvalue weighted by molar-refractivity contribution is 4.99. The fourth-order valence-corrected chi connectivity index (χ4v) is 1.99. The van der Waals surface area contributed by atoms with Crippen LogP contribution in [-0.2, 0) is 19.5 Å². The van der Waals surface area contributed by atoms with Crippen molar-refractivity contribution >= 4 is 0 Å². The van der Waals surface area contributed by atoms with Crippen molar-refractivity contribution in [1.82, 2.24) is 29.6 Å². The van der Waals surface area contributed by atoms with Gasteiger partial charge in [0.25, 0.3) is 0 Å². The van der Waals surface area contributed by atoms with Crippen LogP contribution in [0.3, 0.4) is 0 Å². The van der Waals surface area contributed by atoms with Gasteiger partial charge < -0.3 is 9.88 Å². The molecular weight excluding hydrogens is 240 g/mol. The largest absolute Gasteiger partial charge is 0.330 e. The Morgan fingerprint density at radius 1 is 1.26 bits per heavy atom. The Morgan fingerprint density at radius 3 is 2.95 bits per heavy atom. The van der Waals surface area contributed by atoms with Gasteiger partial charge in [0, 0.05) is 25.7 Å². The Labute approximate surface area is 113 Å². The van der Waals surface area contributed by atoms with Crippen LogP contribution in [0.25, 0.3) is 0 Å². The molecule has 2 heterocycles. The highest BCUT2D eigenvalue weighted by Gasteiger charge is 2.05. The SMILES string of the molecule is CCCn1ncnc1Cn1cnc(CCNCC)c1. The normalized spacial score (nSPS) is 11.1. The summed E-state index contributed by atoms with van der Waals surface area (Å²) in [5.74, 6) is 0.984. The molecule has 19 heavy (non-hydrogen) atoms. The van der Waals surface area contributed by atoms with Crippen molar-refractivity contribution < 1.29 is 0 Å². The van der Waals surface area contributed by atoms with Crippen LogP contribution in [-0.4, -0.2) is 37.4 Å². The van der Waals surface area contributed by atoms with Crippen LogP contribution in [0.2, 0.25) is 0 Å². The zero-order valence-electron chi connectivity index (χ0n) is 11.7. The quantitative estimate of drug-likeness (QED) is 0.723. The summed E-state index contributed by atoms with van der Waals surface area (Å²) in [6, 6.07) is 0. The molecule has 0 spiro atoms. The van der Waals surface area contributed by atoms with E-state index in [-0.39, 0.29) is 0 Å². The molecule has 0 fully saturated rings. The lowest BCUT2D eigenvalue weighted by Crippen LogP contribution is -2.16. The summed E-state index contributed by atoms with van der Waals surface area (Å²) >= 11 is 0. The van der Waals surface area contributed by atoms with E-state index in [9.17, 15) is 0 Å². The first-order valence-electron chi connectivity index (χ1n) is 6.91. The van der Waals surface area contributed by atoms with Gasteiger partial charge in [-0.2, -0.15) is 5.10 Å². The molecular formula is C13H22N6. The standard InChI is InChI=1S/C13H22N6/c1-3-7-19-13(15-10-17-19)9-18-8-12(16-11-18)5-6-14-4-2/h8,10-11,14H,3-7,9H2,1-2H3. The molecule has 6 nitrogen and oxygen atoms in total. The molecule has 0 saturated carbocycles. The first-order chi connectivity index (χ1) is 9.33. The lowest BCUT2D eigenvalue weighted by Gasteiger charge is -2.04. The van der Waals surface area contributed by atoms with Crippen molar-refractivity contribution in [3.8, 4) is 0 Å². The maximum atomic E-state index is 4.41. The number of hydrogen-bond acceptors (Lipinski definition) is 4. The molecule has 1 N–H and O–H groups in total. The summed E-state index contributed by atoms with van der Waals surface area (Å²) in [6.45, 7) is 7.87. The van der Waals surface area contributed by atoms with E-state index < -0.39 is 0 Å². The first kappa shape index (κ1) is 13.7. The van der Waals surface area contributed by atoms with Gasteiger partial charge in [-0.15, -0.1) is 0 Å². The fraction of sp³-hybridized carbons (Fsp3) is 0.615. The third kappa shape index (κ3) is 3.89. The number of aromatic nitrogens is 5. The number of likely N-dealkylation sites (N-methyl/N-ethyl adjacent to an activating group) is 1. The number of imidazole rings is 1. The summed E-state index contributed by atoms with van der Waals surface area (Å²) in [4.78, 5) is 8.72. The Bertz CT molecular complexity index is 487. The molecule has 0 bridgehead atoms. The highest BCUT2D eigenvalue weighted by atomic mass is 15.3. The minimum atomic E-state index is 0.730. The molecule has 0 amide bonds. The van der Waals surface area contributed by atoms with Crippen LogP contribution in [0.1, 0.15) is 31.8 Å². The molecule has 2 rings (SSSR count). The lowest BCUT2D eigenvalue weighted by atomic mass is 10.3. The van der Waals surface area contributed by atoms with Crippen molar-refractivity contribution in [3.05, 3.63) is 30.4 Å². The third-order valence-corrected chi connectivity index (χ3v) is 2.95. The summed E-state index contributed by atoms with van der Waals surface area (Å²) in [5, 5.41) is 7.53. The molecule has 0 aliphatic carbocycles.